The quantitative estimate of drug-likeness (QED) is 0.274. The number of fused-ring (bicyclic) bond motifs is 2. The second kappa shape index (κ2) is 8.18. The van der Waals surface area contributed by atoms with Gasteiger partial charge in [0, 0.05) is 38.4 Å². The minimum atomic E-state index is -0.367. The molecule has 8 nitrogen and oxygen atoms in total. The first-order valence-corrected chi connectivity index (χ1v) is 9.01. The lowest BCUT2D eigenvalue weighted by Gasteiger charge is -2.12. The van der Waals surface area contributed by atoms with E-state index in [1.54, 1.807) is 30.0 Å². The number of amides is 1. The molecular formula is C20H24N5O3+. The van der Waals surface area contributed by atoms with Crippen LogP contribution >= 0.6 is 0 Å². The van der Waals surface area contributed by atoms with Crippen LogP contribution in [0.1, 0.15) is 22.3 Å². The van der Waals surface area contributed by atoms with Crippen LogP contribution in [0.25, 0.3) is 16.7 Å². The molecule has 0 spiro atoms. The Morgan fingerprint density at radius 3 is 3.00 bits per heavy atom. The predicted molar refractivity (Wildman–Crippen MR) is 107 cm³/mol. The molecule has 0 saturated carbocycles. The zero-order chi connectivity index (χ0) is 20.3. The maximum atomic E-state index is 13.1. The molecule has 0 aliphatic heterocycles. The summed E-state index contributed by atoms with van der Waals surface area (Å²) >= 11 is 0. The molecule has 0 aliphatic carbocycles. The van der Waals surface area contributed by atoms with Crippen molar-refractivity contribution in [1.29, 1.82) is 0 Å². The molecule has 3 heterocycles. The third kappa shape index (κ3) is 3.46. The van der Waals surface area contributed by atoms with Gasteiger partial charge in [0.2, 0.25) is 11.5 Å². The Hall–Kier alpha value is -3.26. The van der Waals surface area contributed by atoms with Crippen molar-refractivity contribution in [3.8, 4) is 0 Å². The van der Waals surface area contributed by atoms with Crippen LogP contribution in [0, 0.1) is 6.92 Å². The van der Waals surface area contributed by atoms with E-state index in [9.17, 15) is 9.59 Å². The first kappa shape index (κ1) is 19.5. The lowest BCUT2D eigenvalue weighted by Crippen LogP contribution is -2.43. The van der Waals surface area contributed by atoms with Gasteiger partial charge in [0.1, 0.15) is 10.9 Å². The molecule has 0 saturated heterocycles. The summed E-state index contributed by atoms with van der Waals surface area (Å²) < 4.78 is 8.33. The maximum Gasteiger partial charge on any atom is 0.278 e. The first-order valence-electron chi connectivity index (χ1n) is 9.01. The fourth-order valence-electron chi connectivity index (χ4n) is 3.15. The SMILES string of the molecule is C=CCNC(=O)c1cc2c(=O)n3cccc(C)c3nc2[n+](CCCOC)c1N. The Labute approximate surface area is 162 Å². The number of aromatic nitrogens is 3. The van der Waals surface area contributed by atoms with Crippen molar-refractivity contribution < 1.29 is 14.1 Å². The van der Waals surface area contributed by atoms with Crippen LogP contribution in [-0.2, 0) is 11.3 Å². The van der Waals surface area contributed by atoms with Gasteiger partial charge in [-0.25, -0.2) is 4.57 Å². The highest BCUT2D eigenvalue weighted by Crippen LogP contribution is 2.16. The number of nitrogens with one attached hydrogen (secondary N) is 1. The van der Waals surface area contributed by atoms with E-state index in [-0.39, 0.29) is 22.8 Å². The van der Waals surface area contributed by atoms with Gasteiger partial charge in [0.05, 0.1) is 6.54 Å². The fourth-order valence-corrected chi connectivity index (χ4v) is 3.15. The second-order valence-corrected chi connectivity index (χ2v) is 6.48. The number of methoxy groups -OCH3 is 1. The highest BCUT2D eigenvalue weighted by atomic mass is 16.5. The largest absolute Gasteiger partial charge is 0.385 e. The zero-order valence-electron chi connectivity index (χ0n) is 16.1. The van der Waals surface area contributed by atoms with Crippen LogP contribution in [0.2, 0.25) is 0 Å². The van der Waals surface area contributed by atoms with E-state index in [1.165, 1.54) is 10.5 Å². The van der Waals surface area contributed by atoms with Crippen LogP contribution in [0.4, 0.5) is 5.82 Å². The number of nitrogens with zero attached hydrogens (tertiary/aromatic N) is 3. The van der Waals surface area contributed by atoms with Crippen molar-refractivity contribution in [3.63, 3.8) is 0 Å². The molecule has 0 aromatic carbocycles. The highest BCUT2D eigenvalue weighted by Gasteiger charge is 2.24. The van der Waals surface area contributed by atoms with Crippen molar-refractivity contribution in [2.24, 2.45) is 0 Å². The summed E-state index contributed by atoms with van der Waals surface area (Å²) in [6.45, 7) is 6.77. The molecule has 0 bridgehead atoms. The van der Waals surface area contributed by atoms with E-state index in [4.69, 9.17) is 15.5 Å². The van der Waals surface area contributed by atoms with Crippen LogP contribution < -0.4 is 21.2 Å². The van der Waals surface area contributed by atoms with E-state index in [2.05, 4.69) is 11.9 Å². The molecule has 3 aromatic rings. The average molecular weight is 382 g/mol. The van der Waals surface area contributed by atoms with E-state index < -0.39 is 0 Å². The van der Waals surface area contributed by atoms with Crippen LogP contribution in [0.5, 0.6) is 0 Å². The summed E-state index contributed by atoms with van der Waals surface area (Å²) in [5.41, 5.74) is 8.19. The molecule has 3 N–H and O–H groups in total. The lowest BCUT2D eigenvalue weighted by atomic mass is 10.1. The van der Waals surface area contributed by atoms with E-state index >= 15 is 0 Å². The molecule has 0 unspecified atom stereocenters. The van der Waals surface area contributed by atoms with Gasteiger partial charge < -0.3 is 15.8 Å². The summed E-state index contributed by atoms with van der Waals surface area (Å²) in [6.07, 6.45) is 3.90. The highest BCUT2D eigenvalue weighted by molar-refractivity contribution is 6.00. The fraction of sp³-hybridized carbons (Fsp3) is 0.300. The average Bonchev–Trinajstić information content (AvgIpc) is 2.69. The van der Waals surface area contributed by atoms with Gasteiger partial charge in [-0.1, -0.05) is 17.1 Å². The summed E-state index contributed by atoms with van der Waals surface area (Å²) in [5.74, 6) is -0.108. The molecule has 8 heteroatoms. The Morgan fingerprint density at radius 2 is 2.29 bits per heavy atom. The number of pyridine rings is 2. The number of carbonyl (C=O) groups is 1. The van der Waals surface area contributed by atoms with Crippen molar-refractivity contribution in [3.05, 3.63) is 58.5 Å². The van der Waals surface area contributed by atoms with Crippen molar-refractivity contribution in [2.45, 2.75) is 19.9 Å². The van der Waals surface area contributed by atoms with Crippen LogP contribution in [-0.4, -0.2) is 35.6 Å². The van der Waals surface area contributed by atoms with E-state index in [0.717, 1.165) is 5.56 Å². The smallest absolute Gasteiger partial charge is 0.278 e. The number of ether oxygens (including phenoxy) is 1. The Balaban J connectivity index is 2.32. The number of hydrogen-bond donors (Lipinski definition) is 2. The normalized spacial score (nSPS) is 11.1. The van der Waals surface area contributed by atoms with Gasteiger partial charge in [0.25, 0.3) is 17.1 Å². The molecule has 0 aliphatic rings. The number of aryl methyl sites for hydroxylation is 2. The molecule has 28 heavy (non-hydrogen) atoms. The molecule has 0 fully saturated rings. The van der Waals surface area contributed by atoms with Gasteiger partial charge in [0.15, 0.2) is 0 Å². The van der Waals surface area contributed by atoms with Crippen LogP contribution in [0.3, 0.4) is 0 Å². The Morgan fingerprint density at radius 1 is 1.50 bits per heavy atom. The monoisotopic (exact) mass is 382 g/mol. The second-order valence-electron chi connectivity index (χ2n) is 6.48. The summed E-state index contributed by atoms with van der Waals surface area (Å²) in [6, 6.07) is 5.20. The van der Waals surface area contributed by atoms with Crippen LogP contribution in [0.15, 0.2) is 41.8 Å². The van der Waals surface area contributed by atoms with E-state index in [0.29, 0.717) is 42.8 Å². The van der Waals surface area contributed by atoms with Gasteiger partial charge in [-0.3, -0.25) is 14.0 Å². The summed E-state index contributed by atoms with van der Waals surface area (Å²) in [7, 11) is 1.62. The first-order chi connectivity index (χ1) is 13.5. The maximum absolute atomic E-state index is 13.1. The standard InChI is InChI=1S/C20H23N5O3/c1-4-8-22-19(26)14-12-15-18(24(16(14)21)10-6-11-28-3)23-17-13(2)7-5-9-25(17)20(15)27/h4-5,7,9,12,21H,1,6,8,10-11H2,2-3H3,(H,22,26)/p+1. The Bertz CT molecular complexity index is 1120. The minimum Gasteiger partial charge on any atom is -0.385 e. The number of hydrogen-bond acceptors (Lipinski definition) is 5. The molecule has 0 radical (unpaired) electrons. The van der Waals surface area contributed by atoms with Gasteiger partial charge in [-0.05, 0) is 19.1 Å². The number of rotatable bonds is 7. The topological polar surface area (TPSA) is 103 Å². The number of anilines is 1. The van der Waals surface area contributed by atoms with Crippen molar-refractivity contribution in [1.82, 2.24) is 14.7 Å². The van der Waals surface area contributed by atoms with E-state index in [1.807, 2.05) is 13.0 Å². The minimum absolute atomic E-state index is 0.235. The van der Waals surface area contributed by atoms with Gasteiger partial charge >= 0.3 is 0 Å². The lowest BCUT2D eigenvalue weighted by molar-refractivity contribution is -0.659. The molecule has 1 amide bonds. The van der Waals surface area contributed by atoms with Gasteiger partial charge in [-0.15, -0.1) is 6.58 Å². The molecule has 0 atom stereocenters. The van der Waals surface area contributed by atoms with Gasteiger partial charge in [-0.2, -0.15) is 0 Å². The number of carbonyl (C=O) groups excluding carboxylic acids is 1. The molecule has 3 aromatic heterocycles. The third-order valence-corrected chi connectivity index (χ3v) is 4.56. The number of nitrogen functional groups attached to an aromatic ring is 1. The summed E-state index contributed by atoms with van der Waals surface area (Å²) in [5, 5.41) is 3.04. The summed E-state index contributed by atoms with van der Waals surface area (Å²) in [4.78, 5) is 30.4. The van der Waals surface area contributed by atoms with Crippen molar-refractivity contribution in [2.75, 3.05) is 26.0 Å². The van der Waals surface area contributed by atoms with Crippen molar-refractivity contribution >= 4 is 28.4 Å². The molecular weight excluding hydrogens is 358 g/mol. The predicted octanol–water partition coefficient (Wildman–Crippen LogP) is 0.978. The third-order valence-electron chi connectivity index (χ3n) is 4.56. The number of nitrogens with two attached hydrogens (primary N) is 1. The molecule has 146 valence electrons. The zero-order valence-corrected chi connectivity index (χ0v) is 16.1. The molecule has 3 rings (SSSR count). The Kier molecular flexibility index (Phi) is 5.70.